The fraction of sp³-hybridized carbons (Fsp3) is 0.231. The van der Waals surface area contributed by atoms with Crippen LogP contribution < -0.4 is 10.5 Å². The van der Waals surface area contributed by atoms with Crippen LogP contribution in [0.5, 0.6) is 5.88 Å². The maximum Gasteiger partial charge on any atom is 0.227 e. The van der Waals surface area contributed by atoms with Crippen LogP contribution in [-0.4, -0.2) is 15.6 Å². The lowest BCUT2D eigenvalue weighted by molar-refractivity contribution is 0.167. The van der Waals surface area contributed by atoms with Gasteiger partial charge in [0.2, 0.25) is 11.8 Å². The lowest BCUT2D eigenvalue weighted by atomic mass is 10.1. The van der Waals surface area contributed by atoms with Gasteiger partial charge in [0.1, 0.15) is 0 Å². The van der Waals surface area contributed by atoms with Crippen molar-refractivity contribution >= 4 is 16.9 Å². The van der Waals surface area contributed by atoms with Gasteiger partial charge in [-0.3, -0.25) is 0 Å². The number of nitrogens with two attached hydrogens (primary N) is 1. The van der Waals surface area contributed by atoms with Gasteiger partial charge in [-0.25, -0.2) is 4.98 Å². The van der Waals surface area contributed by atoms with Gasteiger partial charge in [0.05, 0.1) is 10.9 Å². The number of hydrogen-bond acceptors (Lipinski definition) is 4. The van der Waals surface area contributed by atoms with Crippen LogP contribution in [0.15, 0.2) is 24.3 Å². The van der Waals surface area contributed by atoms with Gasteiger partial charge in [0.25, 0.3) is 0 Å². The molecule has 1 aromatic carbocycles. The summed E-state index contributed by atoms with van der Waals surface area (Å²) < 4.78 is 5.68. The molecule has 2 N–H and O–H groups in total. The zero-order valence-corrected chi connectivity index (χ0v) is 9.77. The van der Waals surface area contributed by atoms with Gasteiger partial charge in [0, 0.05) is 0 Å². The summed E-state index contributed by atoms with van der Waals surface area (Å²) >= 11 is 0. The first-order valence-corrected chi connectivity index (χ1v) is 5.21. The molecule has 4 heteroatoms. The minimum Gasteiger partial charge on any atom is -0.458 e. The fourth-order valence-electron chi connectivity index (χ4n) is 1.41. The third-order valence-corrected chi connectivity index (χ3v) is 2.28. The van der Waals surface area contributed by atoms with Crippen LogP contribution in [0.3, 0.4) is 0 Å². The number of anilines is 1. The summed E-state index contributed by atoms with van der Waals surface area (Å²) in [4.78, 5) is 8.21. The molecule has 0 bridgehead atoms. The first kappa shape index (κ1) is 11.2. The second-order valence-corrected chi connectivity index (χ2v) is 4.16. The molecule has 4 nitrogen and oxygen atoms in total. The second-order valence-electron chi connectivity index (χ2n) is 4.16. The van der Waals surface area contributed by atoms with E-state index in [1.807, 2.05) is 24.3 Å². The predicted octanol–water partition coefficient (Wildman–Crippen LogP) is 2.00. The summed E-state index contributed by atoms with van der Waals surface area (Å²) in [5.74, 6) is 3.14. The SMILES string of the molecule is C#CC(C)(C)Oc1nc(N)nc2ccccc12. The Morgan fingerprint density at radius 3 is 2.71 bits per heavy atom. The van der Waals surface area contributed by atoms with E-state index in [9.17, 15) is 0 Å². The number of para-hydroxylation sites is 1. The molecule has 0 spiro atoms. The van der Waals surface area contributed by atoms with Gasteiger partial charge < -0.3 is 10.5 Å². The highest BCUT2D eigenvalue weighted by Crippen LogP contribution is 2.25. The Kier molecular flexibility index (Phi) is 2.60. The largest absolute Gasteiger partial charge is 0.458 e. The van der Waals surface area contributed by atoms with E-state index >= 15 is 0 Å². The molecule has 0 radical (unpaired) electrons. The smallest absolute Gasteiger partial charge is 0.227 e. The van der Waals surface area contributed by atoms with Crippen molar-refractivity contribution in [3.8, 4) is 18.2 Å². The van der Waals surface area contributed by atoms with Crippen molar-refractivity contribution in [3.05, 3.63) is 24.3 Å². The van der Waals surface area contributed by atoms with Crippen LogP contribution in [0.4, 0.5) is 5.95 Å². The van der Waals surface area contributed by atoms with E-state index in [0.29, 0.717) is 5.88 Å². The highest BCUT2D eigenvalue weighted by atomic mass is 16.5. The average molecular weight is 227 g/mol. The van der Waals surface area contributed by atoms with Gasteiger partial charge >= 0.3 is 0 Å². The Morgan fingerprint density at radius 2 is 2.00 bits per heavy atom. The van der Waals surface area contributed by atoms with Crippen molar-refractivity contribution in [2.45, 2.75) is 19.4 Å². The molecule has 2 rings (SSSR count). The quantitative estimate of drug-likeness (QED) is 0.797. The molecule has 0 aliphatic heterocycles. The molecule has 0 saturated carbocycles. The molecule has 17 heavy (non-hydrogen) atoms. The molecule has 0 fully saturated rings. The minimum absolute atomic E-state index is 0.173. The highest BCUT2D eigenvalue weighted by Gasteiger charge is 2.18. The molecule has 1 heterocycles. The molecule has 0 aliphatic carbocycles. The summed E-state index contributed by atoms with van der Waals surface area (Å²) in [6.45, 7) is 3.58. The Hall–Kier alpha value is -2.28. The van der Waals surface area contributed by atoms with E-state index in [4.69, 9.17) is 16.9 Å². The summed E-state index contributed by atoms with van der Waals surface area (Å²) in [6, 6.07) is 7.49. The zero-order chi connectivity index (χ0) is 12.5. The Bertz CT molecular complexity index is 599. The molecule has 0 atom stereocenters. The monoisotopic (exact) mass is 227 g/mol. The van der Waals surface area contributed by atoms with Crippen molar-refractivity contribution in [1.82, 2.24) is 9.97 Å². The molecular weight excluding hydrogens is 214 g/mol. The number of nitrogen functional groups attached to an aromatic ring is 1. The zero-order valence-electron chi connectivity index (χ0n) is 9.77. The van der Waals surface area contributed by atoms with E-state index in [1.165, 1.54) is 0 Å². The van der Waals surface area contributed by atoms with Gasteiger partial charge in [-0.1, -0.05) is 18.1 Å². The summed E-state index contributed by atoms with van der Waals surface area (Å²) in [5.41, 5.74) is 5.64. The number of terminal acetylenes is 1. The number of rotatable bonds is 2. The molecule has 2 aromatic rings. The predicted molar refractivity (Wildman–Crippen MR) is 67.5 cm³/mol. The number of hydrogen-bond donors (Lipinski definition) is 1. The van der Waals surface area contributed by atoms with Crippen molar-refractivity contribution in [2.24, 2.45) is 0 Å². The third kappa shape index (κ3) is 2.28. The molecule has 0 unspecified atom stereocenters. The molecular formula is C13H13N3O. The third-order valence-electron chi connectivity index (χ3n) is 2.28. The summed E-state index contributed by atoms with van der Waals surface area (Å²) in [7, 11) is 0. The lowest BCUT2D eigenvalue weighted by Crippen LogP contribution is -2.26. The average Bonchev–Trinajstić information content (AvgIpc) is 2.28. The topological polar surface area (TPSA) is 61.0 Å². The molecule has 0 aliphatic rings. The Morgan fingerprint density at radius 1 is 1.29 bits per heavy atom. The normalized spacial score (nSPS) is 11.1. The number of ether oxygens (including phenoxy) is 1. The summed E-state index contributed by atoms with van der Waals surface area (Å²) in [5, 5.41) is 0.796. The molecule has 1 aromatic heterocycles. The molecule has 86 valence electrons. The van der Waals surface area contributed by atoms with Crippen LogP contribution in [0.1, 0.15) is 13.8 Å². The first-order chi connectivity index (χ1) is 8.02. The van der Waals surface area contributed by atoms with Crippen LogP contribution in [0.25, 0.3) is 10.9 Å². The molecule has 0 amide bonds. The number of nitrogens with zero attached hydrogens (tertiary/aromatic N) is 2. The van der Waals surface area contributed by atoms with E-state index in [1.54, 1.807) is 13.8 Å². The first-order valence-electron chi connectivity index (χ1n) is 5.21. The van der Waals surface area contributed by atoms with Crippen molar-refractivity contribution < 1.29 is 4.74 Å². The minimum atomic E-state index is -0.733. The van der Waals surface area contributed by atoms with E-state index < -0.39 is 5.60 Å². The van der Waals surface area contributed by atoms with Gasteiger partial charge in [-0.15, -0.1) is 6.42 Å². The maximum atomic E-state index is 5.68. The summed E-state index contributed by atoms with van der Waals surface area (Å²) in [6.07, 6.45) is 5.39. The van der Waals surface area contributed by atoms with Crippen molar-refractivity contribution in [2.75, 3.05) is 5.73 Å². The van der Waals surface area contributed by atoms with Gasteiger partial charge in [-0.05, 0) is 26.0 Å². The van der Waals surface area contributed by atoms with Crippen LogP contribution in [-0.2, 0) is 0 Å². The van der Waals surface area contributed by atoms with Crippen LogP contribution in [0, 0.1) is 12.3 Å². The van der Waals surface area contributed by atoms with Gasteiger partial charge in [-0.2, -0.15) is 4.98 Å². The Labute approximate surface area is 99.8 Å². The standard InChI is InChI=1S/C13H13N3O/c1-4-13(2,3)17-11-9-7-5-6-8-10(9)15-12(14)16-11/h1,5-8H,2-3H3,(H2,14,15,16). The second kappa shape index (κ2) is 3.95. The van der Waals surface area contributed by atoms with Crippen LogP contribution in [0.2, 0.25) is 0 Å². The van der Waals surface area contributed by atoms with Crippen molar-refractivity contribution in [1.29, 1.82) is 0 Å². The van der Waals surface area contributed by atoms with Crippen molar-refractivity contribution in [3.63, 3.8) is 0 Å². The van der Waals surface area contributed by atoms with Crippen LogP contribution >= 0.6 is 0 Å². The van der Waals surface area contributed by atoms with Gasteiger partial charge in [0.15, 0.2) is 5.60 Å². The van der Waals surface area contributed by atoms with E-state index in [0.717, 1.165) is 10.9 Å². The highest BCUT2D eigenvalue weighted by molar-refractivity contribution is 5.84. The van der Waals surface area contributed by atoms with E-state index in [2.05, 4.69) is 15.9 Å². The Balaban J connectivity index is 2.57. The number of benzene rings is 1. The number of aromatic nitrogens is 2. The fourth-order valence-corrected chi connectivity index (χ4v) is 1.41. The van der Waals surface area contributed by atoms with E-state index in [-0.39, 0.29) is 5.95 Å². The maximum absolute atomic E-state index is 5.68. The number of fused-ring (bicyclic) bond motifs is 1. The molecule has 0 saturated heterocycles. The lowest BCUT2D eigenvalue weighted by Gasteiger charge is -2.20.